The van der Waals surface area contributed by atoms with Gasteiger partial charge >= 0.3 is 12.0 Å². The fraction of sp³-hybridized carbons (Fsp3) is 0.786. The number of aliphatic carboxylic acids is 1. The van der Waals surface area contributed by atoms with Gasteiger partial charge in [0.15, 0.2) is 0 Å². The van der Waals surface area contributed by atoms with Crippen molar-refractivity contribution in [1.82, 2.24) is 10.6 Å². The fourth-order valence-corrected chi connectivity index (χ4v) is 2.88. The Kier molecular flexibility index (Phi) is 5.99. The molecule has 120 valence electrons. The van der Waals surface area contributed by atoms with Gasteiger partial charge in [-0.2, -0.15) is 0 Å². The quantitative estimate of drug-likeness (QED) is 0.559. The molecule has 1 rings (SSSR count). The molecule has 21 heavy (non-hydrogen) atoms. The first-order chi connectivity index (χ1) is 9.79. The monoisotopic (exact) mass is 299 g/mol. The number of hydrogen-bond donors (Lipinski definition) is 4. The number of carbonyl (C=O) groups is 3. The number of carboxylic acid groups (broad SMARTS) is 1. The lowest BCUT2D eigenvalue weighted by Gasteiger charge is -2.32. The molecule has 0 radical (unpaired) electrons. The van der Waals surface area contributed by atoms with Crippen LogP contribution in [0.5, 0.6) is 0 Å². The zero-order chi connectivity index (χ0) is 16.0. The third-order valence-electron chi connectivity index (χ3n) is 4.23. The van der Waals surface area contributed by atoms with Crippen LogP contribution in [-0.4, -0.2) is 34.6 Å². The van der Waals surface area contributed by atoms with Crippen LogP contribution in [0.2, 0.25) is 0 Å². The van der Waals surface area contributed by atoms with Crippen LogP contribution in [0.3, 0.4) is 0 Å². The molecule has 2 atom stereocenters. The van der Waals surface area contributed by atoms with Crippen LogP contribution in [-0.2, 0) is 9.59 Å². The summed E-state index contributed by atoms with van der Waals surface area (Å²) in [5.41, 5.74) is 4.42. The molecular weight excluding hydrogens is 274 g/mol. The zero-order valence-corrected chi connectivity index (χ0v) is 12.6. The number of urea groups is 1. The highest BCUT2D eigenvalue weighted by Gasteiger charge is 2.39. The van der Waals surface area contributed by atoms with E-state index >= 15 is 0 Å². The van der Waals surface area contributed by atoms with Gasteiger partial charge in [0.25, 0.3) is 0 Å². The first-order valence-corrected chi connectivity index (χ1v) is 7.39. The molecule has 1 fully saturated rings. The van der Waals surface area contributed by atoms with Gasteiger partial charge in [0.05, 0.1) is 12.0 Å². The smallest absolute Gasteiger partial charge is 0.312 e. The van der Waals surface area contributed by atoms with E-state index in [1.807, 2.05) is 13.8 Å². The molecule has 0 heterocycles. The number of amides is 3. The van der Waals surface area contributed by atoms with Crippen LogP contribution >= 0.6 is 0 Å². The second-order valence-electron chi connectivity index (χ2n) is 5.92. The maximum Gasteiger partial charge on any atom is 0.312 e. The van der Waals surface area contributed by atoms with Crippen molar-refractivity contribution in [2.45, 2.75) is 64.0 Å². The van der Waals surface area contributed by atoms with Crippen molar-refractivity contribution < 1.29 is 19.5 Å². The average Bonchev–Trinajstić information content (AvgIpc) is 2.81. The molecule has 1 aliphatic rings. The van der Waals surface area contributed by atoms with E-state index in [0.29, 0.717) is 19.3 Å². The van der Waals surface area contributed by atoms with Crippen LogP contribution in [0, 0.1) is 5.92 Å². The highest BCUT2D eigenvalue weighted by Crippen LogP contribution is 2.33. The Hall–Kier alpha value is -1.79. The number of hydrogen-bond acceptors (Lipinski definition) is 3. The second kappa shape index (κ2) is 7.28. The molecule has 3 amide bonds. The van der Waals surface area contributed by atoms with Crippen LogP contribution in [0.15, 0.2) is 0 Å². The maximum absolute atomic E-state index is 12.4. The first-order valence-electron chi connectivity index (χ1n) is 7.39. The Morgan fingerprint density at radius 1 is 1.29 bits per heavy atom. The number of nitrogens with two attached hydrogens (primary N) is 1. The molecule has 7 heteroatoms. The van der Waals surface area contributed by atoms with Crippen molar-refractivity contribution in [2.24, 2.45) is 11.7 Å². The molecule has 0 aromatic heterocycles. The topological polar surface area (TPSA) is 122 Å². The Balaban J connectivity index is 2.82. The second-order valence-corrected chi connectivity index (χ2v) is 5.92. The Bertz CT molecular complexity index is 405. The highest BCUT2D eigenvalue weighted by molar-refractivity contribution is 5.87. The Morgan fingerprint density at radius 3 is 2.29 bits per heavy atom. The number of nitrogens with one attached hydrogen (secondary N) is 2. The van der Waals surface area contributed by atoms with Crippen LogP contribution in [0.4, 0.5) is 4.79 Å². The third kappa shape index (κ3) is 4.91. The molecule has 0 spiro atoms. The van der Waals surface area contributed by atoms with E-state index in [4.69, 9.17) is 10.8 Å². The summed E-state index contributed by atoms with van der Waals surface area (Å²) in [5.74, 6) is -1.37. The van der Waals surface area contributed by atoms with Gasteiger partial charge < -0.3 is 21.5 Å². The normalized spacial score (nSPS) is 19.5. The van der Waals surface area contributed by atoms with Crippen molar-refractivity contribution in [1.29, 1.82) is 0 Å². The Labute approximate surface area is 124 Å². The lowest BCUT2D eigenvalue weighted by Crippen LogP contribution is -2.57. The van der Waals surface area contributed by atoms with E-state index in [-0.39, 0.29) is 18.2 Å². The minimum absolute atomic E-state index is 0.0826. The molecule has 0 aromatic rings. The van der Waals surface area contributed by atoms with Crippen LogP contribution in [0.1, 0.15) is 52.4 Å². The predicted molar refractivity (Wildman–Crippen MR) is 77.6 cm³/mol. The van der Waals surface area contributed by atoms with Crippen LogP contribution < -0.4 is 16.4 Å². The van der Waals surface area contributed by atoms with Gasteiger partial charge in [-0.15, -0.1) is 0 Å². The van der Waals surface area contributed by atoms with Gasteiger partial charge in [0.1, 0.15) is 6.04 Å². The maximum atomic E-state index is 12.4. The molecule has 5 N–H and O–H groups in total. The summed E-state index contributed by atoms with van der Waals surface area (Å²) in [6.07, 6.45) is 3.69. The van der Waals surface area contributed by atoms with Crippen molar-refractivity contribution in [3.8, 4) is 0 Å². The molecule has 2 unspecified atom stereocenters. The molecule has 0 bridgehead atoms. The average molecular weight is 299 g/mol. The number of primary amides is 1. The fourth-order valence-electron chi connectivity index (χ4n) is 2.88. The van der Waals surface area contributed by atoms with Crippen molar-refractivity contribution in [2.75, 3.05) is 0 Å². The first kappa shape index (κ1) is 17.3. The van der Waals surface area contributed by atoms with Gasteiger partial charge in [-0.05, 0) is 18.8 Å². The molecule has 0 aromatic carbocycles. The van der Waals surface area contributed by atoms with E-state index in [2.05, 4.69) is 10.6 Å². The lowest BCUT2D eigenvalue weighted by atomic mass is 9.91. The number of rotatable bonds is 7. The van der Waals surface area contributed by atoms with Crippen LogP contribution in [0.25, 0.3) is 0 Å². The number of carbonyl (C=O) groups excluding carboxylic acids is 2. The standard InChI is InChI=1S/C14H25N3O4/c1-3-9(2)11(16-13(15)21)12(20)17-14(8-10(18)19)6-4-5-7-14/h9,11H,3-8H2,1-2H3,(H,17,20)(H,18,19)(H3,15,16,21). The van der Waals surface area contributed by atoms with Crippen molar-refractivity contribution in [3.63, 3.8) is 0 Å². The summed E-state index contributed by atoms with van der Waals surface area (Å²) in [6.45, 7) is 3.76. The summed E-state index contributed by atoms with van der Waals surface area (Å²) in [6, 6.07) is -1.49. The summed E-state index contributed by atoms with van der Waals surface area (Å²) < 4.78 is 0. The third-order valence-corrected chi connectivity index (χ3v) is 4.23. The van der Waals surface area contributed by atoms with E-state index in [0.717, 1.165) is 12.8 Å². The van der Waals surface area contributed by atoms with Gasteiger partial charge in [0.2, 0.25) is 5.91 Å². The lowest BCUT2D eigenvalue weighted by molar-refractivity contribution is -0.139. The summed E-state index contributed by atoms with van der Waals surface area (Å²) in [4.78, 5) is 34.6. The zero-order valence-electron chi connectivity index (χ0n) is 12.6. The molecule has 1 aliphatic carbocycles. The van der Waals surface area contributed by atoms with Gasteiger partial charge in [0, 0.05) is 0 Å². The predicted octanol–water partition coefficient (Wildman–Crippen LogP) is 0.973. The largest absolute Gasteiger partial charge is 0.481 e. The van der Waals surface area contributed by atoms with Gasteiger partial charge in [-0.3, -0.25) is 9.59 Å². The molecule has 0 saturated heterocycles. The highest BCUT2D eigenvalue weighted by atomic mass is 16.4. The molecule has 1 saturated carbocycles. The van der Waals surface area contributed by atoms with Gasteiger partial charge in [-0.25, -0.2) is 4.79 Å². The molecular formula is C14H25N3O4. The van der Waals surface area contributed by atoms with E-state index in [1.54, 1.807) is 0 Å². The molecule has 0 aliphatic heterocycles. The van der Waals surface area contributed by atoms with Crippen molar-refractivity contribution >= 4 is 17.9 Å². The Morgan fingerprint density at radius 2 is 1.86 bits per heavy atom. The minimum Gasteiger partial charge on any atom is -0.481 e. The summed E-state index contributed by atoms with van der Waals surface area (Å²) >= 11 is 0. The minimum atomic E-state index is -0.930. The molecule has 7 nitrogen and oxygen atoms in total. The van der Waals surface area contributed by atoms with Gasteiger partial charge in [-0.1, -0.05) is 33.1 Å². The SMILES string of the molecule is CCC(C)C(NC(N)=O)C(=O)NC1(CC(=O)O)CCCC1. The van der Waals surface area contributed by atoms with E-state index < -0.39 is 23.6 Å². The number of carboxylic acids is 1. The van der Waals surface area contributed by atoms with E-state index in [1.165, 1.54) is 0 Å². The summed E-state index contributed by atoms with van der Waals surface area (Å²) in [7, 11) is 0. The summed E-state index contributed by atoms with van der Waals surface area (Å²) in [5, 5.41) is 14.4. The van der Waals surface area contributed by atoms with Crippen molar-refractivity contribution in [3.05, 3.63) is 0 Å². The van der Waals surface area contributed by atoms with E-state index in [9.17, 15) is 14.4 Å².